The third-order valence-electron chi connectivity index (χ3n) is 11.7. The largest absolute Gasteiger partial charge is 0.309 e. The molecule has 0 saturated carbocycles. The molecule has 0 atom stereocenters. The van der Waals surface area contributed by atoms with Gasteiger partial charge in [0.05, 0.1) is 22.1 Å². The van der Waals surface area contributed by atoms with Crippen LogP contribution in [0.4, 0.5) is 0 Å². The minimum atomic E-state index is 1.16. The molecule has 0 N–H and O–H groups in total. The van der Waals surface area contributed by atoms with Crippen LogP contribution in [-0.2, 0) is 0 Å². The monoisotopic (exact) mass is 742 g/mol. The molecule has 9 aromatic carbocycles. The van der Waals surface area contributed by atoms with Crippen LogP contribution in [0.25, 0.3) is 109 Å². The van der Waals surface area contributed by atoms with Gasteiger partial charge in [0.25, 0.3) is 0 Å². The third kappa shape index (κ3) is 5.10. The van der Waals surface area contributed by atoms with E-state index < -0.39 is 0 Å². The summed E-state index contributed by atoms with van der Waals surface area (Å²) in [7, 11) is 0. The first kappa shape index (κ1) is 32.1. The second-order valence-electron chi connectivity index (χ2n) is 14.9. The molecule has 0 spiro atoms. The standard InChI is InChI=1S/C54H34N2S/c1-3-13-35(14-4-1)37-17-11-19-41(29-37)55-49-23-9-7-21-43(49)45-31-39(25-27-50(45)55)40-26-28-51-46(32-40)47-34-54-48(44-22-8-10-24-53(44)57-54)33-52(47)56(51)42-20-12-18-38(30-42)36-15-5-2-6-16-36/h1-34H. The number of fused-ring (bicyclic) bond motifs is 9. The van der Waals surface area contributed by atoms with Crippen LogP contribution in [0.15, 0.2) is 206 Å². The first-order valence-electron chi connectivity index (χ1n) is 19.5. The van der Waals surface area contributed by atoms with Gasteiger partial charge in [0.1, 0.15) is 0 Å². The van der Waals surface area contributed by atoms with E-state index in [9.17, 15) is 0 Å². The lowest BCUT2D eigenvalue weighted by Crippen LogP contribution is -1.94. The first-order chi connectivity index (χ1) is 28.2. The number of hydrogen-bond donors (Lipinski definition) is 0. The molecule has 0 radical (unpaired) electrons. The summed E-state index contributed by atoms with van der Waals surface area (Å²) >= 11 is 1.88. The number of rotatable bonds is 5. The van der Waals surface area contributed by atoms with Crippen LogP contribution in [0.1, 0.15) is 0 Å². The molecule has 0 aliphatic rings. The zero-order valence-corrected chi connectivity index (χ0v) is 31.7. The molecule has 2 nitrogen and oxygen atoms in total. The molecule has 0 fully saturated rings. The van der Waals surface area contributed by atoms with E-state index in [4.69, 9.17) is 0 Å². The Balaban J connectivity index is 1.06. The Labute approximate surface area is 333 Å². The minimum absolute atomic E-state index is 1.16. The van der Waals surface area contributed by atoms with Gasteiger partial charge in [-0.1, -0.05) is 133 Å². The highest BCUT2D eigenvalue weighted by molar-refractivity contribution is 7.25. The minimum Gasteiger partial charge on any atom is -0.309 e. The molecule has 0 unspecified atom stereocenters. The molecular formula is C54H34N2S. The Morgan fingerprint density at radius 2 is 0.719 bits per heavy atom. The second-order valence-corrected chi connectivity index (χ2v) is 16.0. The van der Waals surface area contributed by atoms with Crippen LogP contribution >= 0.6 is 11.3 Å². The summed E-state index contributed by atoms with van der Waals surface area (Å²) in [6.07, 6.45) is 0. The average Bonchev–Trinajstić information content (AvgIpc) is 3.93. The van der Waals surface area contributed by atoms with Gasteiger partial charge >= 0.3 is 0 Å². The van der Waals surface area contributed by atoms with Crippen LogP contribution in [0.5, 0.6) is 0 Å². The number of hydrogen-bond acceptors (Lipinski definition) is 1. The molecule has 3 aromatic heterocycles. The van der Waals surface area contributed by atoms with Gasteiger partial charge in [0.15, 0.2) is 0 Å². The average molecular weight is 743 g/mol. The highest BCUT2D eigenvalue weighted by atomic mass is 32.1. The predicted molar refractivity (Wildman–Crippen MR) is 244 cm³/mol. The Morgan fingerprint density at radius 1 is 0.246 bits per heavy atom. The summed E-state index contributed by atoms with van der Waals surface area (Å²) in [5.41, 5.74) is 14.4. The van der Waals surface area contributed by atoms with Crippen molar-refractivity contribution >= 4 is 75.1 Å². The Hall–Kier alpha value is -7.20. The quantitative estimate of drug-likeness (QED) is 0.166. The second kappa shape index (κ2) is 12.7. The molecule has 0 saturated heterocycles. The zero-order chi connectivity index (χ0) is 37.5. The SMILES string of the molecule is c1ccc(-c2cccc(-n3c4ccccc4c4cc(-c5ccc6c(c5)c5cc7sc8ccccc8c7cc5n6-c5cccc(-c6ccccc6)c5)ccc43)c2)cc1. The Bertz CT molecular complexity index is 3510. The van der Waals surface area contributed by atoms with E-state index in [-0.39, 0.29) is 0 Å². The van der Waals surface area contributed by atoms with Crippen LogP contribution in [0.3, 0.4) is 0 Å². The van der Waals surface area contributed by atoms with Gasteiger partial charge in [-0.3, -0.25) is 0 Å². The van der Waals surface area contributed by atoms with Gasteiger partial charge < -0.3 is 9.13 Å². The van der Waals surface area contributed by atoms with Crippen molar-refractivity contribution in [1.82, 2.24) is 9.13 Å². The first-order valence-corrected chi connectivity index (χ1v) is 20.3. The van der Waals surface area contributed by atoms with E-state index >= 15 is 0 Å². The van der Waals surface area contributed by atoms with Gasteiger partial charge in [-0.2, -0.15) is 0 Å². The molecule has 12 aromatic rings. The highest BCUT2D eigenvalue weighted by Gasteiger charge is 2.19. The maximum Gasteiger partial charge on any atom is 0.0548 e. The van der Waals surface area contributed by atoms with Crippen molar-refractivity contribution in [3.8, 4) is 44.8 Å². The van der Waals surface area contributed by atoms with Crippen molar-refractivity contribution in [3.05, 3.63) is 206 Å². The fourth-order valence-corrected chi connectivity index (χ4v) is 10.2. The van der Waals surface area contributed by atoms with E-state index in [1.54, 1.807) is 0 Å². The van der Waals surface area contributed by atoms with E-state index in [0.29, 0.717) is 0 Å². The summed E-state index contributed by atoms with van der Waals surface area (Å²) < 4.78 is 7.52. The van der Waals surface area contributed by atoms with E-state index in [1.165, 1.54) is 97.2 Å². The molecular weight excluding hydrogens is 709 g/mol. The van der Waals surface area contributed by atoms with Crippen molar-refractivity contribution in [3.63, 3.8) is 0 Å². The fourth-order valence-electron chi connectivity index (χ4n) is 9.04. The summed E-state index contributed by atoms with van der Waals surface area (Å²) in [5, 5.41) is 7.65. The molecule has 0 aliphatic heterocycles. The number of thiophene rings is 1. The summed E-state index contributed by atoms with van der Waals surface area (Å²) in [4.78, 5) is 0. The van der Waals surface area contributed by atoms with Crippen molar-refractivity contribution in [2.75, 3.05) is 0 Å². The van der Waals surface area contributed by atoms with Gasteiger partial charge in [-0.25, -0.2) is 0 Å². The number of nitrogens with zero attached hydrogens (tertiary/aromatic N) is 2. The number of para-hydroxylation sites is 1. The Kier molecular flexibility index (Phi) is 7.13. The Morgan fingerprint density at radius 3 is 1.37 bits per heavy atom. The van der Waals surface area contributed by atoms with Gasteiger partial charge in [-0.15, -0.1) is 11.3 Å². The van der Waals surface area contributed by atoms with Crippen LogP contribution < -0.4 is 0 Å². The fraction of sp³-hybridized carbons (Fsp3) is 0. The maximum absolute atomic E-state index is 2.47. The van der Waals surface area contributed by atoms with Crippen molar-refractivity contribution < 1.29 is 0 Å². The molecule has 0 bridgehead atoms. The van der Waals surface area contributed by atoms with E-state index in [1.807, 2.05) is 11.3 Å². The highest BCUT2D eigenvalue weighted by Crippen LogP contribution is 2.43. The molecule has 3 heterocycles. The number of benzene rings is 9. The van der Waals surface area contributed by atoms with Crippen molar-refractivity contribution in [1.29, 1.82) is 0 Å². The van der Waals surface area contributed by atoms with Crippen molar-refractivity contribution in [2.45, 2.75) is 0 Å². The normalized spacial score (nSPS) is 11.9. The maximum atomic E-state index is 2.47. The lowest BCUT2D eigenvalue weighted by Gasteiger charge is -2.11. The predicted octanol–water partition coefficient (Wildman–Crippen LogP) is 15.2. The number of aromatic nitrogens is 2. The van der Waals surface area contributed by atoms with E-state index in [2.05, 4.69) is 215 Å². The molecule has 0 aliphatic carbocycles. The molecule has 0 amide bonds. The smallest absolute Gasteiger partial charge is 0.0548 e. The van der Waals surface area contributed by atoms with Crippen LogP contribution in [0, 0.1) is 0 Å². The molecule has 266 valence electrons. The van der Waals surface area contributed by atoms with Gasteiger partial charge in [0.2, 0.25) is 0 Å². The molecule has 3 heteroatoms. The summed E-state index contributed by atoms with van der Waals surface area (Å²) in [5.74, 6) is 0. The summed E-state index contributed by atoms with van der Waals surface area (Å²) in [6.45, 7) is 0. The lowest BCUT2D eigenvalue weighted by atomic mass is 10.0. The topological polar surface area (TPSA) is 9.86 Å². The zero-order valence-electron chi connectivity index (χ0n) is 30.9. The van der Waals surface area contributed by atoms with Crippen LogP contribution in [-0.4, -0.2) is 9.13 Å². The van der Waals surface area contributed by atoms with E-state index in [0.717, 1.165) is 11.4 Å². The molecule has 12 rings (SSSR count). The van der Waals surface area contributed by atoms with Gasteiger partial charge in [-0.05, 0) is 106 Å². The summed E-state index contributed by atoms with van der Waals surface area (Å²) in [6, 6.07) is 75.7. The van der Waals surface area contributed by atoms with Gasteiger partial charge in [0, 0.05) is 53.1 Å². The van der Waals surface area contributed by atoms with Crippen LogP contribution in [0.2, 0.25) is 0 Å². The van der Waals surface area contributed by atoms with Crippen molar-refractivity contribution in [2.24, 2.45) is 0 Å². The lowest BCUT2D eigenvalue weighted by molar-refractivity contribution is 1.18. The third-order valence-corrected chi connectivity index (χ3v) is 12.8. The molecule has 57 heavy (non-hydrogen) atoms.